The number of nitrogens with zero attached hydrogens (tertiary/aromatic N) is 2. The number of likely N-dealkylation sites (N-methyl/N-ethyl adjacent to an activating group) is 1. The number of nitrogens with one attached hydrogen (secondary N) is 2. The number of likely N-dealkylation sites (tertiary alicyclic amines) is 1. The molecule has 1 atom stereocenters. The zero-order valence-corrected chi connectivity index (χ0v) is 14.1. The third-order valence-corrected chi connectivity index (χ3v) is 4.71. The molecule has 0 aliphatic carbocycles. The molecule has 2 rings (SSSR count). The second-order valence-electron chi connectivity index (χ2n) is 6.34. The van der Waals surface area contributed by atoms with Crippen LogP contribution in [0.5, 0.6) is 0 Å². The second-order valence-corrected chi connectivity index (χ2v) is 6.34. The highest BCUT2D eigenvalue weighted by Gasteiger charge is 2.29. The van der Waals surface area contributed by atoms with E-state index in [-0.39, 0.29) is 0 Å². The van der Waals surface area contributed by atoms with Crippen molar-refractivity contribution < 1.29 is 9.84 Å². The summed E-state index contributed by atoms with van der Waals surface area (Å²) in [6.45, 7) is 10.0. The summed E-state index contributed by atoms with van der Waals surface area (Å²) in [6, 6.07) is 0.597. The van der Waals surface area contributed by atoms with E-state index in [1.807, 2.05) is 0 Å². The molecule has 6 nitrogen and oxygen atoms in total. The Bertz CT molecular complexity index is 356. The third kappa shape index (κ3) is 5.11. The second kappa shape index (κ2) is 8.70. The quantitative estimate of drug-likeness (QED) is 0.494. The standard InChI is InChI=1S/C16H32N4O2/c1-3-17-15(18-12-14-6-5-9-20(14)4-2)19-13-16(21)7-10-22-11-8-16/h14,21H,3-13H2,1-2H3,(H2,17,18,19). The molecule has 128 valence electrons. The number of ether oxygens (including phenoxy) is 1. The lowest BCUT2D eigenvalue weighted by Gasteiger charge is -2.30. The first-order valence-electron chi connectivity index (χ1n) is 8.73. The number of guanidine groups is 1. The normalized spacial score (nSPS) is 26.1. The Labute approximate surface area is 134 Å². The van der Waals surface area contributed by atoms with E-state index in [1.165, 1.54) is 19.4 Å². The Kier molecular flexibility index (Phi) is 6.92. The zero-order chi connectivity index (χ0) is 15.8. The van der Waals surface area contributed by atoms with Crippen LogP contribution in [0.1, 0.15) is 39.5 Å². The highest BCUT2D eigenvalue weighted by atomic mass is 16.5. The van der Waals surface area contributed by atoms with Crippen LogP contribution in [0.25, 0.3) is 0 Å². The van der Waals surface area contributed by atoms with E-state index in [0.717, 1.165) is 25.6 Å². The van der Waals surface area contributed by atoms with E-state index in [9.17, 15) is 5.11 Å². The molecule has 0 aromatic rings. The van der Waals surface area contributed by atoms with Crippen molar-refractivity contribution in [2.24, 2.45) is 4.99 Å². The summed E-state index contributed by atoms with van der Waals surface area (Å²) < 4.78 is 5.31. The topological polar surface area (TPSA) is 69.1 Å². The van der Waals surface area contributed by atoms with Gasteiger partial charge in [-0.1, -0.05) is 6.92 Å². The minimum Gasteiger partial charge on any atom is -0.388 e. The van der Waals surface area contributed by atoms with E-state index >= 15 is 0 Å². The first-order valence-corrected chi connectivity index (χ1v) is 8.73. The summed E-state index contributed by atoms with van der Waals surface area (Å²) in [7, 11) is 0. The van der Waals surface area contributed by atoms with Crippen molar-refractivity contribution in [3.8, 4) is 0 Å². The molecule has 2 heterocycles. The lowest BCUT2D eigenvalue weighted by Crippen LogP contribution is -2.46. The molecule has 2 saturated heterocycles. The van der Waals surface area contributed by atoms with Gasteiger partial charge in [-0.3, -0.25) is 9.89 Å². The van der Waals surface area contributed by atoms with E-state index in [2.05, 4.69) is 34.4 Å². The number of hydrogen-bond donors (Lipinski definition) is 3. The van der Waals surface area contributed by atoms with Gasteiger partial charge in [-0.25, -0.2) is 0 Å². The average molecular weight is 312 g/mol. The van der Waals surface area contributed by atoms with Gasteiger partial charge in [0.15, 0.2) is 5.96 Å². The minimum absolute atomic E-state index is 0.438. The maximum Gasteiger partial charge on any atom is 0.191 e. The highest BCUT2D eigenvalue weighted by Crippen LogP contribution is 2.20. The van der Waals surface area contributed by atoms with Crippen molar-refractivity contribution in [1.29, 1.82) is 0 Å². The van der Waals surface area contributed by atoms with Crippen LogP contribution in [0, 0.1) is 0 Å². The van der Waals surface area contributed by atoms with Gasteiger partial charge in [0, 0.05) is 45.2 Å². The average Bonchev–Trinajstić information content (AvgIpc) is 2.98. The van der Waals surface area contributed by atoms with Crippen LogP contribution in [0.3, 0.4) is 0 Å². The monoisotopic (exact) mass is 312 g/mol. The van der Waals surface area contributed by atoms with Crippen LogP contribution in [-0.4, -0.2) is 73.5 Å². The zero-order valence-electron chi connectivity index (χ0n) is 14.1. The summed E-state index contributed by atoms with van der Waals surface area (Å²) in [5.74, 6) is 0.811. The summed E-state index contributed by atoms with van der Waals surface area (Å²) in [5.41, 5.74) is -0.705. The van der Waals surface area contributed by atoms with Gasteiger partial charge in [0.2, 0.25) is 0 Å². The SMILES string of the molecule is CCNC(=NCC1(O)CCOCC1)NCC1CCCN1CC. The highest BCUT2D eigenvalue weighted by molar-refractivity contribution is 5.79. The third-order valence-electron chi connectivity index (χ3n) is 4.71. The van der Waals surface area contributed by atoms with Gasteiger partial charge in [0.05, 0.1) is 12.1 Å². The maximum absolute atomic E-state index is 10.5. The van der Waals surface area contributed by atoms with Gasteiger partial charge in [-0.2, -0.15) is 0 Å². The predicted molar refractivity (Wildman–Crippen MR) is 89.3 cm³/mol. The summed E-state index contributed by atoms with van der Waals surface area (Å²) >= 11 is 0. The molecule has 0 aromatic heterocycles. The minimum atomic E-state index is -0.705. The molecule has 6 heteroatoms. The van der Waals surface area contributed by atoms with Crippen LogP contribution in [0.2, 0.25) is 0 Å². The number of aliphatic imine (C=N–C) groups is 1. The molecule has 1 unspecified atom stereocenters. The van der Waals surface area contributed by atoms with Crippen molar-refractivity contribution in [2.75, 3.05) is 45.9 Å². The molecule has 2 aliphatic rings. The van der Waals surface area contributed by atoms with Crippen LogP contribution < -0.4 is 10.6 Å². The van der Waals surface area contributed by atoms with Gasteiger partial charge in [-0.05, 0) is 32.9 Å². The fourth-order valence-electron chi connectivity index (χ4n) is 3.23. The molecule has 0 saturated carbocycles. The molecular formula is C16H32N4O2. The largest absolute Gasteiger partial charge is 0.388 e. The van der Waals surface area contributed by atoms with Gasteiger partial charge < -0.3 is 20.5 Å². The Morgan fingerprint density at radius 1 is 1.32 bits per heavy atom. The van der Waals surface area contributed by atoms with Gasteiger partial charge in [-0.15, -0.1) is 0 Å². The fraction of sp³-hybridized carbons (Fsp3) is 0.938. The fourth-order valence-corrected chi connectivity index (χ4v) is 3.23. The summed E-state index contributed by atoms with van der Waals surface area (Å²) in [4.78, 5) is 7.11. The molecule has 2 fully saturated rings. The number of aliphatic hydroxyl groups is 1. The Morgan fingerprint density at radius 2 is 2.09 bits per heavy atom. The molecule has 0 aromatic carbocycles. The Morgan fingerprint density at radius 3 is 2.77 bits per heavy atom. The summed E-state index contributed by atoms with van der Waals surface area (Å²) in [6.07, 6.45) is 3.87. The van der Waals surface area contributed by atoms with Gasteiger partial charge in [0.25, 0.3) is 0 Å². The van der Waals surface area contributed by atoms with Gasteiger partial charge in [0.1, 0.15) is 0 Å². The van der Waals surface area contributed by atoms with Crippen molar-refractivity contribution >= 4 is 5.96 Å². The van der Waals surface area contributed by atoms with E-state index in [0.29, 0.717) is 38.6 Å². The van der Waals surface area contributed by atoms with Crippen LogP contribution in [-0.2, 0) is 4.74 Å². The van der Waals surface area contributed by atoms with Gasteiger partial charge >= 0.3 is 0 Å². The lowest BCUT2D eigenvalue weighted by molar-refractivity contribution is -0.0565. The molecule has 3 N–H and O–H groups in total. The molecule has 0 amide bonds. The maximum atomic E-state index is 10.5. The molecule has 0 bridgehead atoms. The number of rotatable bonds is 6. The molecule has 0 radical (unpaired) electrons. The van der Waals surface area contributed by atoms with Crippen molar-refractivity contribution in [3.05, 3.63) is 0 Å². The first-order chi connectivity index (χ1) is 10.7. The van der Waals surface area contributed by atoms with Crippen molar-refractivity contribution in [2.45, 2.75) is 51.2 Å². The van der Waals surface area contributed by atoms with Crippen LogP contribution in [0.15, 0.2) is 4.99 Å². The van der Waals surface area contributed by atoms with Crippen molar-refractivity contribution in [1.82, 2.24) is 15.5 Å². The smallest absolute Gasteiger partial charge is 0.191 e. The lowest BCUT2D eigenvalue weighted by atomic mass is 9.95. The first kappa shape index (κ1) is 17.5. The van der Waals surface area contributed by atoms with E-state index in [4.69, 9.17) is 4.74 Å². The molecular weight excluding hydrogens is 280 g/mol. The van der Waals surface area contributed by atoms with Crippen LogP contribution >= 0.6 is 0 Å². The van der Waals surface area contributed by atoms with Crippen molar-refractivity contribution in [3.63, 3.8) is 0 Å². The van der Waals surface area contributed by atoms with E-state index < -0.39 is 5.60 Å². The van der Waals surface area contributed by atoms with E-state index in [1.54, 1.807) is 0 Å². The molecule has 2 aliphatic heterocycles. The predicted octanol–water partition coefficient (Wildman–Crippen LogP) is 0.567. The summed E-state index contributed by atoms with van der Waals surface area (Å²) in [5, 5.41) is 17.2. The molecule has 22 heavy (non-hydrogen) atoms. The van der Waals surface area contributed by atoms with Crippen LogP contribution in [0.4, 0.5) is 0 Å². The number of hydrogen-bond acceptors (Lipinski definition) is 4. The molecule has 0 spiro atoms. The Hall–Kier alpha value is -0.850. The Balaban J connectivity index is 1.84.